The van der Waals surface area contributed by atoms with E-state index in [4.69, 9.17) is 5.73 Å². The Labute approximate surface area is 166 Å². The van der Waals surface area contributed by atoms with E-state index < -0.39 is 5.91 Å². The second-order valence-corrected chi connectivity index (χ2v) is 5.74. The zero-order chi connectivity index (χ0) is 17.5. The van der Waals surface area contributed by atoms with Gasteiger partial charge in [0.15, 0.2) is 5.96 Å². The maximum atomic E-state index is 11.1. The molecule has 0 saturated carbocycles. The van der Waals surface area contributed by atoms with Crippen molar-refractivity contribution in [1.82, 2.24) is 10.2 Å². The Bertz CT molecular complexity index is 728. The van der Waals surface area contributed by atoms with E-state index in [1.54, 1.807) is 19.2 Å². The van der Waals surface area contributed by atoms with Crippen LogP contribution in [-0.2, 0) is 13.1 Å². The lowest BCUT2D eigenvalue weighted by Crippen LogP contribution is -2.38. The van der Waals surface area contributed by atoms with Crippen LogP contribution in [0.15, 0.2) is 53.5 Å². The van der Waals surface area contributed by atoms with Gasteiger partial charge in [-0.15, -0.1) is 24.0 Å². The van der Waals surface area contributed by atoms with E-state index in [-0.39, 0.29) is 24.0 Å². The Morgan fingerprint density at radius 2 is 1.80 bits per heavy atom. The van der Waals surface area contributed by atoms with Crippen LogP contribution in [0.1, 0.15) is 27.0 Å². The molecule has 0 unspecified atom stereocenters. The molecule has 5 nitrogen and oxygen atoms in total. The van der Waals surface area contributed by atoms with Crippen LogP contribution in [0.4, 0.5) is 0 Å². The van der Waals surface area contributed by atoms with Gasteiger partial charge in [0.05, 0.1) is 0 Å². The molecule has 0 saturated heterocycles. The Balaban J connectivity index is 0.00000312. The Hall–Kier alpha value is -2.09. The van der Waals surface area contributed by atoms with Gasteiger partial charge in [-0.3, -0.25) is 9.79 Å². The molecule has 2 aromatic rings. The summed E-state index contributed by atoms with van der Waals surface area (Å²) in [4.78, 5) is 17.5. The number of benzene rings is 2. The van der Waals surface area contributed by atoms with Crippen molar-refractivity contribution in [3.05, 3.63) is 70.8 Å². The minimum Gasteiger partial charge on any atom is -0.366 e. The van der Waals surface area contributed by atoms with Gasteiger partial charge in [0.1, 0.15) is 0 Å². The first-order valence-corrected chi connectivity index (χ1v) is 7.86. The molecule has 2 rings (SSSR count). The first-order chi connectivity index (χ1) is 11.5. The maximum absolute atomic E-state index is 11.1. The fourth-order valence-corrected chi connectivity index (χ4v) is 2.47. The highest BCUT2D eigenvalue weighted by Crippen LogP contribution is 2.10. The smallest absolute Gasteiger partial charge is 0.248 e. The normalized spacial score (nSPS) is 10.8. The molecule has 6 heteroatoms. The van der Waals surface area contributed by atoms with E-state index in [2.05, 4.69) is 34.3 Å². The van der Waals surface area contributed by atoms with Crippen LogP contribution in [0.3, 0.4) is 0 Å². The van der Waals surface area contributed by atoms with Crippen molar-refractivity contribution in [3.63, 3.8) is 0 Å². The lowest BCUT2D eigenvalue weighted by molar-refractivity contribution is 0.100. The maximum Gasteiger partial charge on any atom is 0.248 e. The Morgan fingerprint density at radius 1 is 1.16 bits per heavy atom. The standard InChI is InChI=1S/C19H24N4O.HI/c1-14-6-4-5-7-17(14)13-23(3)19(21-2)22-12-15-8-10-16(11-9-15)18(20)24;/h4-11H,12-13H2,1-3H3,(H2,20,24)(H,21,22);1H. The molecule has 0 aliphatic heterocycles. The third kappa shape index (κ3) is 6.04. The van der Waals surface area contributed by atoms with Gasteiger partial charge in [-0.2, -0.15) is 0 Å². The van der Waals surface area contributed by atoms with Crippen molar-refractivity contribution in [2.24, 2.45) is 10.7 Å². The monoisotopic (exact) mass is 452 g/mol. The molecule has 3 N–H and O–H groups in total. The lowest BCUT2D eigenvalue weighted by Gasteiger charge is -2.23. The highest BCUT2D eigenvalue weighted by molar-refractivity contribution is 14.0. The van der Waals surface area contributed by atoms with Crippen molar-refractivity contribution < 1.29 is 4.79 Å². The van der Waals surface area contributed by atoms with Crippen LogP contribution in [-0.4, -0.2) is 30.9 Å². The highest BCUT2D eigenvalue weighted by atomic mass is 127. The molecule has 134 valence electrons. The second kappa shape index (κ2) is 10.0. The number of guanidine groups is 1. The molecule has 0 aliphatic rings. The topological polar surface area (TPSA) is 70.7 Å². The number of aliphatic imine (C=N–C) groups is 1. The highest BCUT2D eigenvalue weighted by Gasteiger charge is 2.08. The molecule has 0 fully saturated rings. The quantitative estimate of drug-likeness (QED) is 0.417. The van der Waals surface area contributed by atoms with Gasteiger partial charge in [0.2, 0.25) is 5.91 Å². The summed E-state index contributed by atoms with van der Waals surface area (Å²) in [6.07, 6.45) is 0. The first kappa shape index (κ1) is 21.0. The molecule has 1 amide bonds. The summed E-state index contributed by atoms with van der Waals surface area (Å²) in [6, 6.07) is 15.6. The van der Waals surface area contributed by atoms with E-state index in [1.165, 1.54) is 11.1 Å². The molecule has 0 spiro atoms. The van der Waals surface area contributed by atoms with Gasteiger partial charge < -0.3 is 16.0 Å². The Morgan fingerprint density at radius 3 is 2.36 bits per heavy atom. The van der Waals surface area contributed by atoms with Crippen molar-refractivity contribution in [1.29, 1.82) is 0 Å². The van der Waals surface area contributed by atoms with Crippen LogP contribution in [0.25, 0.3) is 0 Å². The van der Waals surface area contributed by atoms with E-state index in [0.29, 0.717) is 12.1 Å². The largest absolute Gasteiger partial charge is 0.366 e. The van der Waals surface area contributed by atoms with E-state index in [1.807, 2.05) is 31.3 Å². The van der Waals surface area contributed by atoms with Gasteiger partial charge in [-0.25, -0.2) is 0 Å². The van der Waals surface area contributed by atoms with E-state index >= 15 is 0 Å². The molecular formula is C19H25IN4O. The number of carbonyl (C=O) groups excluding carboxylic acids is 1. The average molecular weight is 452 g/mol. The fourth-order valence-electron chi connectivity index (χ4n) is 2.47. The minimum absolute atomic E-state index is 0. The second-order valence-electron chi connectivity index (χ2n) is 5.74. The molecule has 0 radical (unpaired) electrons. The number of hydrogen-bond donors (Lipinski definition) is 2. The van der Waals surface area contributed by atoms with Crippen molar-refractivity contribution in [2.45, 2.75) is 20.0 Å². The summed E-state index contributed by atoms with van der Waals surface area (Å²) in [5.41, 5.74) is 9.36. The molecule has 2 aromatic carbocycles. The molecule has 0 aliphatic carbocycles. The van der Waals surface area contributed by atoms with Gasteiger partial charge in [-0.1, -0.05) is 36.4 Å². The predicted molar refractivity (Wildman–Crippen MR) is 113 cm³/mol. The first-order valence-electron chi connectivity index (χ1n) is 7.86. The number of carbonyl (C=O) groups is 1. The van der Waals surface area contributed by atoms with Crippen LogP contribution in [0, 0.1) is 6.92 Å². The number of nitrogens with two attached hydrogens (primary N) is 1. The fraction of sp³-hybridized carbons (Fsp3) is 0.263. The number of halogens is 1. The summed E-state index contributed by atoms with van der Waals surface area (Å²) >= 11 is 0. The van der Waals surface area contributed by atoms with Crippen molar-refractivity contribution >= 4 is 35.8 Å². The number of nitrogens with one attached hydrogen (secondary N) is 1. The van der Waals surface area contributed by atoms with Crippen LogP contribution in [0.2, 0.25) is 0 Å². The van der Waals surface area contributed by atoms with Gasteiger partial charge in [-0.05, 0) is 35.7 Å². The number of rotatable bonds is 5. The summed E-state index contributed by atoms with van der Waals surface area (Å²) < 4.78 is 0. The van der Waals surface area contributed by atoms with Crippen molar-refractivity contribution in [3.8, 4) is 0 Å². The minimum atomic E-state index is -0.414. The summed E-state index contributed by atoms with van der Waals surface area (Å²) in [6.45, 7) is 3.52. The molecule has 0 atom stereocenters. The van der Waals surface area contributed by atoms with Gasteiger partial charge in [0.25, 0.3) is 0 Å². The van der Waals surface area contributed by atoms with Crippen LogP contribution >= 0.6 is 24.0 Å². The van der Waals surface area contributed by atoms with Gasteiger partial charge >= 0.3 is 0 Å². The molecule has 0 aromatic heterocycles. The van der Waals surface area contributed by atoms with Crippen LogP contribution in [0.5, 0.6) is 0 Å². The predicted octanol–water partition coefficient (Wildman–Crippen LogP) is 2.92. The third-order valence-electron chi connectivity index (χ3n) is 3.93. The van der Waals surface area contributed by atoms with E-state index in [9.17, 15) is 4.79 Å². The number of hydrogen-bond acceptors (Lipinski definition) is 2. The Kier molecular flexibility index (Phi) is 8.40. The van der Waals surface area contributed by atoms with Crippen LogP contribution < -0.4 is 11.1 Å². The molecule has 25 heavy (non-hydrogen) atoms. The van der Waals surface area contributed by atoms with Crippen molar-refractivity contribution in [2.75, 3.05) is 14.1 Å². The number of primary amides is 1. The summed E-state index contributed by atoms with van der Waals surface area (Å²) in [5.74, 6) is 0.403. The van der Waals surface area contributed by atoms with Gasteiger partial charge in [0, 0.05) is 32.7 Å². The lowest BCUT2D eigenvalue weighted by atomic mass is 10.1. The number of aryl methyl sites for hydroxylation is 1. The zero-order valence-electron chi connectivity index (χ0n) is 14.8. The average Bonchev–Trinajstić information content (AvgIpc) is 2.58. The zero-order valence-corrected chi connectivity index (χ0v) is 17.2. The molecular weight excluding hydrogens is 427 g/mol. The number of nitrogens with zero attached hydrogens (tertiary/aromatic N) is 2. The van der Waals surface area contributed by atoms with E-state index in [0.717, 1.165) is 18.1 Å². The molecule has 0 heterocycles. The number of amides is 1. The molecule has 0 bridgehead atoms. The summed E-state index contributed by atoms with van der Waals surface area (Å²) in [7, 11) is 3.78. The summed E-state index contributed by atoms with van der Waals surface area (Å²) in [5, 5.41) is 3.33. The third-order valence-corrected chi connectivity index (χ3v) is 3.93. The SMILES string of the molecule is CN=C(NCc1ccc(C(N)=O)cc1)N(C)Cc1ccccc1C.I.